The van der Waals surface area contributed by atoms with Gasteiger partial charge >= 0.3 is 0 Å². The van der Waals surface area contributed by atoms with Gasteiger partial charge in [-0.1, -0.05) is 182 Å². The summed E-state index contributed by atoms with van der Waals surface area (Å²) in [7, 11) is 0. The van der Waals surface area contributed by atoms with Crippen LogP contribution in [-0.2, 0) is 0 Å². The molecule has 264 valence electrons. The summed E-state index contributed by atoms with van der Waals surface area (Å²) >= 11 is 0. The first-order valence-corrected chi connectivity index (χ1v) is 19.1. The summed E-state index contributed by atoms with van der Waals surface area (Å²) in [6, 6.07) is 80.0. The van der Waals surface area contributed by atoms with Gasteiger partial charge in [-0.25, -0.2) is 0 Å². The van der Waals surface area contributed by atoms with Crippen LogP contribution < -0.4 is 4.90 Å². The van der Waals surface area contributed by atoms with Gasteiger partial charge in [0.25, 0.3) is 0 Å². The van der Waals surface area contributed by atoms with Crippen molar-refractivity contribution in [2.24, 2.45) is 0 Å². The van der Waals surface area contributed by atoms with Crippen LogP contribution in [0.25, 0.3) is 77.6 Å². The van der Waals surface area contributed by atoms with Crippen molar-refractivity contribution in [3.8, 4) is 55.6 Å². The molecule has 0 saturated carbocycles. The number of rotatable bonds is 8. The molecule has 1 heterocycles. The Kier molecular flexibility index (Phi) is 8.55. The van der Waals surface area contributed by atoms with Gasteiger partial charge in [0.05, 0.1) is 16.8 Å². The first kappa shape index (κ1) is 33.2. The van der Waals surface area contributed by atoms with Gasteiger partial charge in [0.1, 0.15) is 11.2 Å². The maximum absolute atomic E-state index is 6.81. The Labute approximate surface area is 327 Å². The molecule has 0 aliphatic heterocycles. The van der Waals surface area contributed by atoms with E-state index in [4.69, 9.17) is 4.42 Å². The van der Waals surface area contributed by atoms with Gasteiger partial charge in [-0.3, -0.25) is 0 Å². The van der Waals surface area contributed by atoms with Crippen molar-refractivity contribution in [1.29, 1.82) is 0 Å². The molecule has 9 aromatic carbocycles. The summed E-state index contributed by atoms with van der Waals surface area (Å²) < 4.78 is 6.81. The Morgan fingerprint density at radius 1 is 0.304 bits per heavy atom. The third kappa shape index (κ3) is 6.14. The van der Waals surface area contributed by atoms with Crippen LogP contribution in [-0.4, -0.2) is 0 Å². The lowest BCUT2D eigenvalue weighted by Gasteiger charge is -2.29. The molecule has 2 heteroatoms. The Hall–Kier alpha value is -7.42. The van der Waals surface area contributed by atoms with Gasteiger partial charge < -0.3 is 9.32 Å². The van der Waals surface area contributed by atoms with Crippen LogP contribution in [0, 0.1) is 0 Å². The van der Waals surface area contributed by atoms with Crippen LogP contribution in [0.3, 0.4) is 0 Å². The molecule has 0 aliphatic carbocycles. The van der Waals surface area contributed by atoms with Crippen molar-refractivity contribution < 1.29 is 4.42 Å². The number of furan rings is 1. The fourth-order valence-electron chi connectivity index (χ4n) is 7.95. The van der Waals surface area contributed by atoms with E-state index >= 15 is 0 Å². The zero-order valence-electron chi connectivity index (χ0n) is 30.7. The number of para-hydroxylation sites is 1. The highest BCUT2D eigenvalue weighted by molar-refractivity contribution is 6.17. The van der Waals surface area contributed by atoms with E-state index < -0.39 is 0 Å². The van der Waals surface area contributed by atoms with Crippen LogP contribution >= 0.6 is 0 Å². The molecule has 0 radical (unpaired) electrons. The molecular formula is C54H37NO. The Morgan fingerprint density at radius 2 is 0.768 bits per heavy atom. The van der Waals surface area contributed by atoms with E-state index in [0.29, 0.717) is 0 Å². The predicted molar refractivity (Wildman–Crippen MR) is 236 cm³/mol. The summed E-state index contributed by atoms with van der Waals surface area (Å²) in [4.78, 5) is 2.43. The lowest BCUT2D eigenvalue weighted by Crippen LogP contribution is -2.12. The van der Waals surface area contributed by atoms with E-state index in [-0.39, 0.29) is 0 Å². The SMILES string of the molecule is c1ccc(-c2ccc(-c3cccc(N(c4ccc(-c5ccccc5)cc4-c4ccccc4)c4ccc(-c5ccccc5)c5oc6ccccc6c45)c3)cc2)cc1. The van der Waals surface area contributed by atoms with Crippen molar-refractivity contribution >= 4 is 39.0 Å². The average molecular weight is 716 g/mol. The van der Waals surface area contributed by atoms with Gasteiger partial charge in [0.2, 0.25) is 0 Å². The van der Waals surface area contributed by atoms with Crippen LogP contribution in [0.15, 0.2) is 229 Å². The predicted octanol–water partition coefficient (Wildman–Crippen LogP) is 15.4. The number of hydrogen-bond donors (Lipinski definition) is 0. The minimum Gasteiger partial charge on any atom is -0.455 e. The highest BCUT2D eigenvalue weighted by Crippen LogP contribution is 2.49. The van der Waals surface area contributed by atoms with Crippen LogP contribution in [0.2, 0.25) is 0 Å². The second-order valence-electron chi connectivity index (χ2n) is 14.1. The lowest BCUT2D eigenvalue weighted by atomic mass is 9.95. The molecule has 1 aromatic heterocycles. The number of hydrogen-bond acceptors (Lipinski definition) is 2. The third-order valence-corrected chi connectivity index (χ3v) is 10.7. The molecule has 0 amide bonds. The molecule has 0 atom stereocenters. The highest BCUT2D eigenvalue weighted by Gasteiger charge is 2.24. The van der Waals surface area contributed by atoms with Crippen molar-refractivity contribution in [2.45, 2.75) is 0 Å². The standard InChI is InChI=1S/C54H37NO/c1-5-16-38(17-6-1)40-28-30-41(31-29-40)44-24-15-25-46(36-44)55(50-34-32-45(39-18-7-2-8-19-39)37-49(50)43-22-11-4-12-23-43)51-35-33-47(42-20-9-3-10-21-42)54-53(51)48-26-13-14-27-52(48)56-54/h1-37H. The van der Waals surface area contributed by atoms with Crippen molar-refractivity contribution in [3.63, 3.8) is 0 Å². The van der Waals surface area contributed by atoms with E-state index in [9.17, 15) is 0 Å². The quantitative estimate of drug-likeness (QED) is 0.156. The van der Waals surface area contributed by atoms with Gasteiger partial charge in [0, 0.05) is 22.2 Å². The number of anilines is 3. The van der Waals surface area contributed by atoms with E-state index in [1.807, 2.05) is 6.07 Å². The summed E-state index contributed by atoms with van der Waals surface area (Å²) in [6.07, 6.45) is 0. The van der Waals surface area contributed by atoms with Gasteiger partial charge in [0.15, 0.2) is 0 Å². The number of nitrogens with zero attached hydrogens (tertiary/aromatic N) is 1. The summed E-state index contributed by atoms with van der Waals surface area (Å²) in [5, 5.41) is 2.15. The maximum Gasteiger partial charge on any atom is 0.145 e. The summed E-state index contributed by atoms with van der Waals surface area (Å²) in [5.74, 6) is 0. The van der Waals surface area contributed by atoms with Gasteiger partial charge in [-0.05, 0) is 87.0 Å². The third-order valence-electron chi connectivity index (χ3n) is 10.7. The van der Waals surface area contributed by atoms with Gasteiger partial charge in [-0.2, -0.15) is 0 Å². The smallest absolute Gasteiger partial charge is 0.145 e. The molecule has 56 heavy (non-hydrogen) atoms. The van der Waals surface area contributed by atoms with Crippen molar-refractivity contribution in [3.05, 3.63) is 224 Å². The minimum atomic E-state index is 0.863. The van der Waals surface area contributed by atoms with Crippen molar-refractivity contribution in [2.75, 3.05) is 4.90 Å². The zero-order valence-corrected chi connectivity index (χ0v) is 30.7. The van der Waals surface area contributed by atoms with E-state index in [1.165, 1.54) is 22.3 Å². The Morgan fingerprint density at radius 3 is 1.43 bits per heavy atom. The molecule has 0 aliphatic rings. The first-order chi connectivity index (χ1) is 27.8. The molecule has 0 unspecified atom stereocenters. The highest BCUT2D eigenvalue weighted by atomic mass is 16.3. The van der Waals surface area contributed by atoms with E-state index in [2.05, 4.69) is 223 Å². The summed E-state index contributed by atoms with van der Waals surface area (Å²) in [5.41, 5.74) is 16.4. The zero-order chi connectivity index (χ0) is 37.3. The molecule has 0 bridgehead atoms. The number of fused-ring (bicyclic) bond motifs is 3. The topological polar surface area (TPSA) is 16.4 Å². The maximum atomic E-state index is 6.81. The molecule has 2 nitrogen and oxygen atoms in total. The normalized spacial score (nSPS) is 11.2. The van der Waals surface area contributed by atoms with E-state index in [0.717, 1.165) is 72.4 Å². The second-order valence-corrected chi connectivity index (χ2v) is 14.1. The monoisotopic (exact) mass is 715 g/mol. The molecule has 0 N–H and O–H groups in total. The molecule has 10 aromatic rings. The van der Waals surface area contributed by atoms with Crippen LogP contribution in [0.1, 0.15) is 0 Å². The Balaban J connectivity index is 1.23. The lowest BCUT2D eigenvalue weighted by molar-refractivity contribution is 0.670. The minimum absolute atomic E-state index is 0.863. The summed E-state index contributed by atoms with van der Waals surface area (Å²) in [6.45, 7) is 0. The second kappa shape index (κ2) is 14.4. The molecule has 0 spiro atoms. The van der Waals surface area contributed by atoms with E-state index in [1.54, 1.807) is 0 Å². The number of benzene rings is 9. The fourth-order valence-corrected chi connectivity index (χ4v) is 7.95. The van der Waals surface area contributed by atoms with Gasteiger partial charge in [-0.15, -0.1) is 0 Å². The molecular weight excluding hydrogens is 679 g/mol. The molecule has 0 saturated heterocycles. The molecule has 0 fully saturated rings. The van der Waals surface area contributed by atoms with Crippen LogP contribution in [0.5, 0.6) is 0 Å². The van der Waals surface area contributed by atoms with Crippen molar-refractivity contribution in [1.82, 2.24) is 0 Å². The van der Waals surface area contributed by atoms with Crippen LogP contribution in [0.4, 0.5) is 17.1 Å². The molecule has 10 rings (SSSR count). The fraction of sp³-hybridized carbons (Fsp3) is 0. The average Bonchev–Trinajstić information content (AvgIpc) is 3.68. The Bertz CT molecular complexity index is 2930. The first-order valence-electron chi connectivity index (χ1n) is 19.1. The largest absolute Gasteiger partial charge is 0.455 e.